The Balaban J connectivity index is 1.95. The Morgan fingerprint density at radius 1 is 0.862 bits per heavy atom. The second-order valence-corrected chi connectivity index (χ2v) is 8.39. The van der Waals surface area contributed by atoms with Gasteiger partial charge in [0.2, 0.25) is 0 Å². The van der Waals surface area contributed by atoms with E-state index in [2.05, 4.69) is 9.08 Å². The quantitative estimate of drug-likeness (QED) is 0.422. The molecule has 3 aromatic carbocycles. The van der Waals surface area contributed by atoms with Crippen molar-refractivity contribution in [1.29, 1.82) is 0 Å². The van der Waals surface area contributed by atoms with E-state index in [1.165, 1.54) is 12.1 Å². The van der Waals surface area contributed by atoms with Gasteiger partial charge in [0.05, 0.1) is 0 Å². The minimum absolute atomic E-state index is 0.305. The Morgan fingerprint density at radius 3 is 2.24 bits per heavy atom. The third-order valence-electron chi connectivity index (χ3n) is 4.99. The first-order valence-electron chi connectivity index (χ1n) is 9.15. The van der Waals surface area contributed by atoms with Gasteiger partial charge in [-0.15, -0.1) is 0 Å². The molecule has 8 heteroatoms. The fraction of sp³-hybridized carbons (Fsp3) is 0.238. The van der Waals surface area contributed by atoms with Gasteiger partial charge in [0.15, 0.2) is 5.75 Å². The fourth-order valence-corrected chi connectivity index (χ4v) is 4.15. The van der Waals surface area contributed by atoms with Crippen LogP contribution >= 0.6 is 0 Å². The maximum atomic E-state index is 12.9. The number of halogens is 3. The van der Waals surface area contributed by atoms with Crippen LogP contribution in [0.2, 0.25) is 0 Å². The number of rotatable bonds is 4. The van der Waals surface area contributed by atoms with E-state index in [4.69, 9.17) is 0 Å². The predicted octanol–water partition coefficient (Wildman–Crippen LogP) is 5.34. The average Bonchev–Trinajstić information content (AvgIpc) is 3.21. The zero-order chi connectivity index (χ0) is 20.6. The molecule has 0 bridgehead atoms. The topological polar surface area (TPSA) is 46.6 Å². The van der Waals surface area contributed by atoms with Gasteiger partial charge in [-0.2, -0.15) is 21.6 Å². The summed E-state index contributed by atoms with van der Waals surface area (Å²) in [6.45, 7) is 1.66. The van der Waals surface area contributed by atoms with Gasteiger partial charge in [-0.05, 0) is 35.7 Å². The molecule has 0 aromatic heterocycles. The van der Waals surface area contributed by atoms with E-state index in [0.29, 0.717) is 11.1 Å². The maximum absolute atomic E-state index is 12.9. The standard InChI is InChI=1S/C21H18F3NO3S/c22-21(23,24)29(26,27)28-19-10-4-3-9-17(19)20-16-8-2-1-7-15(16)11-12-18(20)25-13-5-6-14-25/h1-4,7-12H,5-6,13-14H2. The maximum Gasteiger partial charge on any atom is 0.534 e. The highest BCUT2D eigenvalue weighted by atomic mass is 32.2. The van der Waals surface area contributed by atoms with Crippen molar-refractivity contribution in [3.8, 4) is 16.9 Å². The number of anilines is 1. The van der Waals surface area contributed by atoms with Gasteiger partial charge < -0.3 is 9.08 Å². The van der Waals surface area contributed by atoms with Crippen molar-refractivity contribution in [1.82, 2.24) is 0 Å². The number of para-hydroxylation sites is 1. The first-order valence-corrected chi connectivity index (χ1v) is 10.6. The van der Waals surface area contributed by atoms with E-state index >= 15 is 0 Å². The summed E-state index contributed by atoms with van der Waals surface area (Å²) < 4.78 is 66.6. The summed E-state index contributed by atoms with van der Waals surface area (Å²) in [6.07, 6.45) is 2.04. The molecule has 152 valence electrons. The molecule has 1 aliphatic rings. The first kappa shape index (κ1) is 19.6. The molecule has 1 aliphatic heterocycles. The molecular formula is C21H18F3NO3S. The number of hydrogen-bond donors (Lipinski definition) is 0. The summed E-state index contributed by atoms with van der Waals surface area (Å²) in [5.74, 6) is -0.346. The van der Waals surface area contributed by atoms with E-state index in [1.807, 2.05) is 36.4 Å². The molecule has 3 aromatic rings. The van der Waals surface area contributed by atoms with Gasteiger partial charge in [0, 0.05) is 29.9 Å². The largest absolute Gasteiger partial charge is 0.534 e. The van der Waals surface area contributed by atoms with Crippen molar-refractivity contribution in [2.45, 2.75) is 18.3 Å². The van der Waals surface area contributed by atoms with Crippen molar-refractivity contribution in [2.24, 2.45) is 0 Å². The molecular weight excluding hydrogens is 403 g/mol. The SMILES string of the molecule is O=S(=O)(Oc1ccccc1-c1c(N2CCCC2)ccc2ccccc12)C(F)(F)F. The van der Waals surface area contributed by atoms with Gasteiger partial charge in [-0.3, -0.25) is 0 Å². The third kappa shape index (κ3) is 3.64. The van der Waals surface area contributed by atoms with Crippen LogP contribution in [0.4, 0.5) is 18.9 Å². The summed E-state index contributed by atoms with van der Waals surface area (Å²) >= 11 is 0. The molecule has 4 rings (SSSR count). The first-order chi connectivity index (χ1) is 13.8. The summed E-state index contributed by atoms with van der Waals surface area (Å²) in [7, 11) is -5.78. The van der Waals surface area contributed by atoms with Crippen molar-refractivity contribution in [3.63, 3.8) is 0 Å². The predicted molar refractivity (Wildman–Crippen MR) is 106 cm³/mol. The van der Waals surface area contributed by atoms with Crippen LogP contribution in [-0.4, -0.2) is 27.0 Å². The molecule has 0 radical (unpaired) electrons. The second-order valence-electron chi connectivity index (χ2n) is 6.85. The van der Waals surface area contributed by atoms with Crippen molar-refractivity contribution in [2.75, 3.05) is 18.0 Å². The van der Waals surface area contributed by atoms with E-state index in [-0.39, 0.29) is 5.75 Å². The highest BCUT2D eigenvalue weighted by Gasteiger charge is 2.48. The highest BCUT2D eigenvalue weighted by molar-refractivity contribution is 7.88. The summed E-state index contributed by atoms with van der Waals surface area (Å²) in [6, 6.07) is 17.3. The van der Waals surface area contributed by atoms with Crippen molar-refractivity contribution >= 4 is 26.6 Å². The second kappa shape index (κ2) is 7.26. The Kier molecular flexibility index (Phi) is 4.90. The van der Waals surface area contributed by atoms with Gasteiger partial charge in [0.1, 0.15) is 0 Å². The van der Waals surface area contributed by atoms with E-state index in [0.717, 1.165) is 42.4 Å². The Morgan fingerprint density at radius 2 is 1.52 bits per heavy atom. The number of alkyl halides is 3. The molecule has 0 atom stereocenters. The Hall–Kier alpha value is -2.74. The molecule has 1 heterocycles. The molecule has 1 saturated heterocycles. The molecule has 0 aliphatic carbocycles. The molecule has 0 saturated carbocycles. The zero-order valence-electron chi connectivity index (χ0n) is 15.3. The average molecular weight is 421 g/mol. The lowest BCUT2D eigenvalue weighted by Gasteiger charge is -2.24. The van der Waals surface area contributed by atoms with Gasteiger partial charge >= 0.3 is 15.6 Å². The molecule has 0 amide bonds. The molecule has 1 fully saturated rings. The van der Waals surface area contributed by atoms with Crippen molar-refractivity contribution in [3.05, 3.63) is 60.7 Å². The Bertz CT molecular complexity index is 1150. The molecule has 0 spiro atoms. The number of fused-ring (bicyclic) bond motifs is 1. The lowest BCUT2D eigenvalue weighted by atomic mass is 9.95. The van der Waals surface area contributed by atoms with Crippen LogP contribution in [0.5, 0.6) is 5.75 Å². The lowest BCUT2D eigenvalue weighted by Crippen LogP contribution is -2.28. The molecule has 4 nitrogen and oxygen atoms in total. The summed E-state index contributed by atoms with van der Waals surface area (Å²) in [5, 5.41) is 1.72. The van der Waals surface area contributed by atoms with E-state index in [9.17, 15) is 21.6 Å². The minimum Gasteiger partial charge on any atom is -0.375 e. The van der Waals surface area contributed by atoms with E-state index in [1.54, 1.807) is 12.1 Å². The smallest absolute Gasteiger partial charge is 0.375 e. The molecule has 0 N–H and O–H groups in total. The van der Waals surface area contributed by atoms with Crippen LogP contribution in [-0.2, 0) is 10.1 Å². The van der Waals surface area contributed by atoms with Crippen LogP contribution in [0.1, 0.15) is 12.8 Å². The lowest BCUT2D eigenvalue weighted by molar-refractivity contribution is -0.0499. The van der Waals surface area contributed by atoms with Crippen LogP contribution in [0.15, 0.2) is 60.7 Å². The Labute approximate surface area is 166 Å². The van der Waals surface area contributed by atoms with Gasteiger partial charge in [0.25, 0.3) is 0 Å². The van der Waals surface area contributed by atoms with E-state index < -0.39 is 15.6 Å². The van der Waals surface area contributed by atoms with Crippen LogP contribution in [0.3, 0.4) is 0 Å². The monoisotopic (exact) mass is 421 g/mol. The summed E-state index contributed by atoms with van der Waals surface area (Å²) in [5.41, 5.74) is -3.69. The van der Waals surface area contributed by atoms with Crippen molar-refractivity contribution < 1.29 is 25.8 Å². The van der Waals surface area contributed by atoms with Crippen LogP contribution in [0.25, 0.3) is 21.9 Å². The zero-order valence-corrected chi connectivity index (χ0v) is 16.1. The van der Waals surface area contributed by atoms with Gasteiger partial charge in [-0.25, -0.2) is 0 Å². The molecule has 0 unspecified atom stereocenters. The fourth-order valence-electron chi connectivity index (χ4n) is 3.68. The van der Waals surface area contributed by atoms with Gasteiger partial charge in [-0.1, -0.05) is 48.5 Å². The third-order valence-corrected chi connectivity index (χ3v) is 5.96. The number of hydrogen-bond acceptors (Lipinski definition) is 4. The van der Waals surface area contributed by atoms with Crippen LogP contribution in [0, 0.1) is 0 Å². The number of nitrogens with zero attached hydrogens (tertiary/aromatic N) is 1. The minimum atomic E-state index is -5.78. The van der Waals surface area contributed by atoms with Crippen LogP contribution < -0.4 is 9.08 Å². The summed E-state index contributed by atoms with van der Waals surface area (Å²) in [4.78, 5) is 2.16. The highest BCUT2D eigenvalue weighted by Crippen LogP contribution is 2.43. The normalized spacial score (nSPS) is 15.1. The molecule has 29 heavy (non-hydrogen) atoms. The number of benzene rings is 3.